The minimum Gasteiger partial charge on any atom is -0.298 e. The molecule has 3 nitrogen and oxygen atoms in total. The fourth-order valence-electron chi connectivity index (χ4n) is 1.34. The third kappa shape index (κ3) is 1.65. The molecule has 0 aliphatic carbocycles. The van der Waals surface area contributed by atoms with Gasteiger partial charge in [0.2, 0.25) is 0 Å². The molecule has 0 aromatic carbocycles. The normalized spacial score (nSPS) is 11.2. The second-order valence-corrected chi connectivity index (χ2v) is 3.81. The van der Waals surface area contributed by atoms with E-state index in [9.17, 15) is 13.6 Å². The maximum Gasteiger partial charge on any atom is 0.282 e. The van der Waals surface area contributed by atoms with E-state index in [0.29, 0.717) is 16.3 Å². The van der Waals surface area contributed by atoms with E-state index in [1.165, 1.54) is 10.7 Å². The number of alkyl halides is 2. The van der Waals surface area contributed by atoms with Crippen LogP contribution in [0.1, 0.15) is 22.5 Å². The number of aromatic nitrogens is 2. The lowest BCUT2D eigenvalue weighted by Gasteiger charge is -1.93. The van der Waals surface area contributed by atoms with Crippen molar-refractivity contribution >= 4 is 27.7 Å². The van der Waals surface area contributed by atoms with Gasteiger partial charge in [0.1, 0.15) is 5.69 Å². The molecule has 0 atom stereocenters. The Bertz CT molecular complexity index is 524. The van der Waals surface area contributed by atoms with E-state index in [1.54, 1.807) is 12.1 Å². The van der Waals surface area contributed by atoms with Gasteiger partial charge in [0.15, 0.2) is 6.29 Å². The van der Waals surface area contributed by atoms with Crippen molar-refractivity contribution in [2.75, 3.05) is 0 Å². The molecule has 2 aromatic rings. The third-order valence-electron chi connectivity index (χ3n) is 1.98. The average molecular weight is 275 g/mol. The molecule has 0 radical (unpaired) electrons. The summed E-state index contributed by atoms with van der Waals surface area (Å²) in [5, 5.41) is 3.65. The molecule has 0 amide bonds. The molecular weight excluding hydrogens is 270 g/mol. The van der Waals surface area contributed by atoms with Crippen LogP contribution >= 0.6 is 15.9 Å². The van der Waals surface area contributed by atoms with E-state index in [-0.39, 0.29) is 5.56 Å². The van der Waals surface area contributed by atoms with Crippen LogP contribution in [0.15, 0.2) is 22.8 Å². The number of rotatable bonds is 2. The predicted molar refractivity (Wildman–Crippen MR) is 53.2 cm³/mol. The summed E-state index contributed by atoms with van der Waals surface area (Å²) in [6, 6.07) is 3.23. The number of carbonyl (C=O) groups excluding carboxylic acids is 1. The number of pyridine rings is 1. The summed E-state index contributed by atoms with van der Waals surface area (Å²) in [6.07, 6.45) is -0.824. The number of carbonyl (C=O) groups is 1. The van der Waals surface area contributed by atoms with E-state index < -0.39 is 12.1 Å². The van der Waals surface area contributed by atoms with Crippen LogP contribution in [0.3, 0.4) is 0 Å². The fraction of sp³-hybridized carbons (Fsp3) is 0.111. The molecule has 0 unspecified atom stereocenters. The SMILES string of the molecule is O=Cc1c(C(F)F)nn2cc(Br)ccc12. The first kappa shape index (κ1) is 10.2. The van der Waals surface area contributed by atoms with Gasteiger partial charge in [-0.1, -0.05) is 0 Å². The molecule has 0 saturated heterocycles. The number of hydrogen-bond acceptors (Lipinski definition) is 2. The van der Waals surface area contributed by atoms with E-state index in [2.05, 4.69) is 21.0 Å². The van der Waals surface area contributed by atoms with Crippen molar-refractivity contribution in [2.24, 2.45) is 0 Å². The fourth-order valence-corrected chi connectivity index (χ4v) is 1.67. The van der Waals surface area contributed by atoms with Gasteiger partial charge in [0.25, 0.3) is 6.43 Å². The Morgan fingerprint density at radius 2 is 2.20 bits per heavy atom. The summed E-state index contributed by atoms with van der Waals surface area (Å²) in [5.41, 5.74) is -0.163. The molecule has 15 heavy (non-hydrogen) atoms. The van der Waals surface area contributed by atoms with Gasteiger partial charge in [-0.15, -0.1) is 0 Å². The molecular formula is C9H5BrF2N2O. The van der Waals surface area contributed by atoms with Crippen molar-refractivity contribution in [3.8, 4) is 0 Å². The Morgan fingerprint density at radius 3 is 2.80 bits per heavy atom. The van der Waals surface area contributed by atoms with Crippen LogP contribution in [0.25, 0.3) is 5.52 Å². The molecule has 0 aliphatic rings. The standard InChI is InChI=1S/C9H5BrF2N2O/c10-5-1-2-7-6(4-15)8(9(11)12)13-14(7)3-5/h1-4,9H. The zero-order valence-corrected chi connectivity index (χ0v) is 8.91. The van der Waals surface area contributed by atoms with Crippen LogP contribution in [0, 0.1) is 0 Å². The van der Waals surface area contributed by atoms with E-state index in [1.807, 2.05) is 0 Å². The molecule has 2 aromatic heterocycles. The third-order valence-corrected chi connectivity index (χ3v) is 2.45. The van der Waals surface area contributed by atoms with Crippen molar-refractivity contribution in [3.63, 3.8) is 0 Å². The lowest BCUT2D eigenvalue weighted by atomic mass is 10.2. The first-order valence-corrected chi connectivity index (χ1v) is 4.84. The molecule has 0 aliphatic heterocycles. The van der Waals surface area contributed by atoms with Crippen molar-refractivity contribution in [2.45, 2.75) is 6.43 Å². The van der Waals surface area contributed by atoms with Crippen LogP contribution in [-0.2, 0) is 0 Å². The molecule has 6 heteroatoms. The highest BCUT2D eigenvalue weighted by atomic mass is 79.9. The number of hydrogen-bond donors (Lipinski definition) is 0. The number of aldehydes is 1. The minimum absolute atomic E-state index is 0.0579. The van der Waals surface area contributed by atoms with Crippen LogP contribution in [0.5, 0.6) is 0 Å². The molecule has 2 rings (SSSR count). The topological polar surface area (TPSA) is 34.4 Å². The van der Waals surface area contributed by atoms with Gasteiger partial charge >= 0.3 is 0 Å². The van der Waals surface area contributed by atoms with E-state index >= 15 is 0 Å². The maximum absolute atomic E-state index is 12.5. The highest BCUT2D eigenvalue weighted by Crippen LogP contribution is 2.24. The predicted octanol–water partition coefficient (Wildman–Crippen LogP) is 2.85. The summed E-state index contributed by atoms with van der Waals surface area (Å²) in [6.45, 7) is 0. The summed E-state index contributed by atoms with van der Waals surface area (Å²) in [7, 11) is 0. The van der Waals surface area contributed by atoms with E-state index in [0.717, 1.165) is 0 Å². The average Bonchev–Trinajstić information content (AvgIpc) is 2.55. The van der Waals surface area contributed by atoms with Gasteiger partial charge in [0, 0.05) is 10.7 Å². The highest BCUT2D eigenvalue weighted by molar-refractivity contribution is 9.10. The first-order chi connectivity index (χ1) is 7.13. The monoisotopic (exact) mass is 274 g/mol. The zero-order chi connectivity index (χ0) is 11.0. The summed E-state index contributed by atoms with van der Waals surface area (Å²) in [4.78, 5) is 10.7. The maximum atomic E-state index is 12.5. The number of nitrogens with zero attached hydrogens (tertiary/aromatic N) is 2. The van der Waals surface area contributed by atoms with Crippen molar-refractivity contribution in [1.29, 1.82) is 0 Å². The lowest BCUT2D eigenvalue weighted by Crippen LogP contribution is -1.90. The second kappa shape index (κ2) is 3.69. The van der Waals surface area contributed by atoms with Crippen LogP contribution < -0.4 is 0 Å². The van der Waals surface area contributed by atoms with Crippen molar-refractivity contribution in [3.05, 3.63) is 34.1 Å². The number of fused-ring (bicyclic) bond motifs is 1. The van der Waals surface area contributed by atoms with Gasteiger partial charge in [-0.3, -0.25) is 4.79 Å². The smallest absolute Gasteiger partial charge is 0.282 e. The number of halogens is 3. The molecule has 0 saturated carbocycles. The molecule has 2 heterocycles. The van der Waals surface area contributed by atoms with Crippen LogP contribution in [0.2, 0.25) is 0 Å². The van der Waals surface area contributed by atoms with E-state index in [4.69, 9.17) is 0 Å². The Kier molecular flexibility index (Phi) is 2.52. The molecule has 0 fully saturated rings. The first-order valence-electron chi connectivity index (χ1n) is 4.04. The zero-order valence-electron chi connectivity index (χ0n) is 7.32. The molecule has 78 valence electrons. The highest BCUT2D eigenvalue weighted by Gasteiger charge is 2.19. The van der Waals surface area contributed by atoms with Gasteiger partial charge in [-0.2, -0.15) is 5.10 Å². The Labute approximate surface area is 91.8 Å². The minimum atomic E-state index is -2.75. The molecule has 0 N–H and O–H groups in total. The Balaban J connectivity index is 2.78. The van der Waals surface area contributed by atoms with Crippen LogP contribution in [0.4, 0.5) is 8.78 Å². The van der Waals surface area contributed by atoms with Gasteiger partial charge < -0.3 is 0 Å². The van der Waals surface area contributed by atoms with Crippen molar-refractivity contribution < 1.29 is 13.6 Å². The summed E-state index contributed by atoms with van der Waals surface area (Å²) < 4.78 is 27.0. The van der Waals surface area contributed by atoms with Crippen molar-refractivity contribution in [1.82, 2.24) is 9.61 Å². The van der Waals surface area contributed by atoms with Gasteiger partial charge in [-0.05, 0) is 28.1 Å². The lowest BCUT2D eigenvalue weighted by molar-refractivity contribution is 0.110. The van der Waals surface area contributed by atoms with Gasteiger partial charge in [-0.25, -0.2) is 13.3 Å². The quantitative estimate of drug-likeness (QED) is 0.790. The van der Waals surface area contributed by atoms with Crippen LogP contribution in [-0.4, -0.2) is 15.9 Å². The summed E-state index contributed by atoms with van der Waals surface area (Å²) in [5.74, 6) is 0. The molecule has 0 bridgehead atoms. The van der Waals surface area contributed by atoms with Gasteiger partial charge in [0.05, 0.1) is 11.1 Å². The Morgan fingerprint density at radius 1 is 1.47 bits per heavy atom. The molecule has 0 spiro atoms. The summed E-state index contributed by atoms with van der Waals surface area (Å²) >= 11 is 3.19. The second-order valence-electron chi connectivity index (χ2n) is 2.89. The largest absolute Gasteiger partial charge is 0.298 e. The Hall–Kier alpha value is -1.30.